The quantitative estimate of drug-likeness (QED) is 0.255. The molecule has 2 aliphatic heterocycles. The maximum atomic E-state index is 11.8. The molecule has 0 bridgehead atoms. The summed E-state index contributed by atoms with van der Waals surface area (Å²) in [7, 11) is 4.26. The zero-order chi connectivity index (χ0) is 32.4. The fourth-order valence-corrected chi connectivity index (χ4v) is 7.19. The molecule has 1 atom stereocenters. The summed E-state index contributed by atoms with van der Waals surface area (Å²) in [5, 5.41) is 12.2. The van der Waals surface area contributed by atoms with Crippen molar-refractivity contribution in [2.75, 3.05) is 14.1 Å². The molecule has 1 N–H and O–H groups in total. The van der Waals surface area contributed by atoms with Gasteiger partial charge in [-0.2, -0.15) is 4.58 Å². The molecular formula is C41H45N2O2+. The summed E-state index contributed by atoms with van der Waals surface area (Å²) in [5.74, 6) is -0.839. The van der Waals surface area contributed by atoms with Gasteiger partial charge in [-0.25, -0.2) is 0 Å². The number of likely N-dealkylation sites (N-methyl/N-ethyl adjacent to an activating group) is 1. The number of hydrogen-bond acceptors (Lipinski definition) is 2. The molecule has 2 aromatic carbocycles. The average molecular weight is 598 g/mol. The van der Waals surface area contributed by atoms with Gasteiger partial charge in [-0.1, -0.05) is 92.5 Å². The molecule has 1 aliphatic carbocycles. The molecule has 5 rings (SSSR count). The molecule has 230 valence electrons. The number of fused-ring (bicyclic) bond motifs is 3. The van der Waals surface area contributed by atoms with E-state index in [1.165, 1.54) is 33.3 Å². The topological polar surface area (TPSA) is 43.5 Å². The van der Waals surface area contributed by atoms with Crippen LogP contribution < -0.4 is 0 Å². The second-order valence-corrected chi connectivity index (χ2v) is 12.7. The van der Waals surface area contributed by atoms with Crippen molar-refractivity contribution in [2.45, 2.75) is 52.4 Å². The molecule has 45 heavy (non-hydrogen) atoms. The molecule has 0 saturated carbocycles. The Balaban J connectivity index is 1.65. The van der Waals surface area contributed by atoms with E-state index in [9.17, 15) is 9.90 Å². The van der Waals surface area contributed by atoms with Gasteiger partial charge in [-0.05, 0) is 79.3 Å². The number of nitrogens with zero attached hydrogens (tertiary/aromatic N) is 2. The van der Waals surface area contributed by atoms with Crippen molar-refractivity contribution in [3.8, 4) is 0 Å². The number of carbonyl (C=O) groups is 1. The van der Waals surface area contributed by atoms with Crippen molar-refractivity contribution in [3.05, 3.63) is 150 Å². The van der Waals surface area contributed by atoms with Crippen LogP contribution in [0, 0.1) is 5.41 Å². The van der Waals surface area contributed by atoms with E-state index in [4.69, 9.17) is 0 Å². The normalized spacial score (nSPS) is 24.7. The molecule has 0 radical (unpaired) electrons. The highest BCUT2D eigenvalue weighted by atomic mass is 16.4. The number of aliphatic carboxylic acids is 1. The molecule has 4 heteroatoms. The lowest BCUT2D eigenvalue weighted by molar-refractivity contribution is -0.401. The van der Waals surface area contributed by atoms with Crippen LogP contribution in [-0.2, 0) is 10.2 Å². The Labute approximate surface area is 268 Å². The first kappa shape index (κ1) is 31.7. The summed E-state index contributed by atoms with van der Waals surface area (Å²) < 4.78 is 2.31. The summed E-state index contributed by atoms with van der Waals surface area (Å²) >= 11 is 0. The van der Waals surface area contributed by atoms with Gasteiger partial charge in [0.05, 0.1) is 17.3 Å². The van der Waals surface area contributed by atoms with Crippen LogP contribution >= 0.6 is 0 Å². The van der Waals surface area contributed by atoms with Gasteiger partial charge in [0.2, 0.25) is 5.69 Å². The van der Waals surface area contributed by atoms with E-state index in [1.54, 1.807) is 0 Å². The maximum absolute atomic E-state index is 11.8. The molecule has 3 aliphatic rings. The van der Waals surface area contributed by atoms with Crippen LogP contribution in [0.25, 0.3) is 10.8 Å². The van der Waals surface area contributed by atoms with E-state index in [2.05, 4.69) is 149 Å². The summed E-state index contributed by atoms with van der Waals surface area (Å²) in [5.41, 5.74) is 8.41. The first-order valence-electron chi connectivity index (χ1n) is 15.8. The van der Waals surface area contributed by atoms with Gasteiger partial charge in [0, 0.05) is 36.1 Å². The highest BCUT2D eigenvalue weighted by Gasteiger charge is 2.46. The van der Waals surface area contributed by atoms with Crippen molar-refractivity contribution in [1.82, 2.24) is 4.90 Å². The lowest BCUT2D eigenvalue weighted by Crippen LogP contribution is -2.27. The highest BCUT2D eigenvalue weighted by molar-refractivity contribution is 6.07. The van der Waals surface area contributed by atoms with Crippen LogP contribution in [0.4, 0.5) is 5.69 Å². The van der Waals surface area contributed by atoms with E-state index >= 15 is 0 Å². The Morgan fingerprint density at radius 2 is 1.87 bits per heavy atom. The fourth-order valence-electron chi connectivity index (χ4n) is 7.19. The van der Waals surface area contributed by atoms with E-state index in [-0.39, 0.29) is 11.8 Å². The molecule has 0 aromatic heterocycles. The Morgan fingerprint density at radius 1 is 1.09 bits per heavy atom. The van der Waals surface area contributed by atoms with Crippen molar-refractivity contribution < 1.29 is 14.5 Å². The SMILES string of the molecule is C=C1/C=C\C=C/CC2=C(/C=C\1)N(C)/C(=C\C=C\C1=[N+](C)c3ccc4ccccc4c3C1(C)C)C2(C)C(/C=C\CC)=C/CC(=O)O. The Kier molecular flexibility index (Phi) is 8.97. The van der Waals surface area contributed by atoms with Crippen LogP contribution in [0.1, 0.15) is 52.5 Å². The van der Waals surface area contributed by atoms with E-state index in [0.29, 0.717) is 0 Å². The summed E-state index contributed by atoms with van der Waals surface area (Å²) in [6.07, 6.45) is 26.8. The van der Waals surface area contributed by atoms with Crippen LogP contribution in [0.3, 0.4) is 0 Å². The molecular weight excluding hydrogens is 552 g/mol. The number of benzene rings is 2. The predicted octanol–water partition coefficient (Wildman–Crippen LogP) is 9.49. The minimum atomic E-state index is -0.839. The van der Waals surface area contributed by atoms with Gasteiger partial charge < -0.3 is 10.0 Å². The monoisotopic (exact) mass is 597 g/mol. The third-order valence-electron chi connectivity index (χ3n) is 9.49. The minimum absolute atomic E-state index is 0.0389. The van der Waals surface area contributed by atoms with Gasteiger partial charge in [0.1, 0.15) is 7.05 Å². The van der Waals surface area contributed by atoms with Crippen molar-refractivity contribution in [2.24, 2.45) is 5.41 Å². The number of hydrogen-bond donors (Lipinski definition) is 1. The first-order valence-corrected chi connectivity index (χ1v) is 15.8. The van der Waals surface area contributed by atoms with Gasteiger partial charge in [0.15, 0.2) is 5.71 Å². The zero-order valence-electron chi connectivity index (χ0n) is 27.5. The molecule has 4 nitrogen and oxygen atoms in total. The molecule has 0 fully saturated rings. The molecule has 0 amide bonds. The van der Waals surface area contributed by atoms with E-state index in [1.807, 2.05) is 18.2 Å². The van der Waals surface area contributed by atoms with Crippen molar-refractivity contribution >= 4 is 28.1 Å². The van der Waals surface area contributed by atoms with Gasteiger partial charge in [0.25, 0.3) is 0 Å². The smallest absolute Gasteiger partial charge is 0.307 e. The van der Waals surface area contributed by atoms with Gasteiger partial charge in [-0.3, -0.25) is 4.79 Å². The fraction of sp³-hybridized carbons (Fsp3) is 0.268. The standard InChI is InChI=1S/C41H44N2O2/c1-8-9-18-31(25-28-38(44)45)41(5)33-20-12-10-11-16-29(2)23-26-34(33)42(6)37(41)22-15-21-36-40(3,4)39-32-19-14-13-17-30(32)24-27-35(39)43(36)7/h9-19,21-27H,2,8,20,28H2,1,3-7H3/p+1/b12-10-,16-11-,18-9-,26-23-,31-25+. The maximum Gasteiger partial charge on any atom is 0.307 e. The van der Waals surface area contributed by atoms with Crippen LogP contribution in [0.5, 0.6) is 0 Å². The van der Waals surface area contributed by atoms with Gasteiger partial charge in [-0.15, -0.1) is 0 Å². The van der Waals surface area contributed by atoms with Crippen molar-refractivity contribution in [1.29, 1.82) is 0 Å². The third-order valence-corrected chi connectivity index (χ3v) is 9.49. The first-order chi connectivity index (χ1) is 21.5. The number of allylic oxidation sites excluding steroid dienone is 13. The minimum Gasteiger partial charge on any atom is -0.481 e. The van der Waals surface area contributed by atoms with Crippen LogP contribution in [0.2, 0.25) is 0 Å². The number of carboxylic acids is 1. The number of carboxylic acid groups (broad SMARTS) is 1. The zero-order valence-corrected chi connectivity index (χ0v) is 27.5. The average Bonchev–Trinajstić information content (AvgIpc) is 3.34. The largest absolute Gasteiger partial charge is 0.481 e. The Morgan fingerprint density at radius 3 is 2.62 bits per heavy atom. The van der Waals surface area contributed by atoms with E-state index < -0.39 is 11.4 Å². The molecule has 0 saturated heterocycles. The van der Waals surface area contributed by atoms with Crippen LogP contribution in [0.15, 0.2) is 144 Å². The van der Waals surface area contributed by atoms with Crippen LogP contribution in [-0.4, -0.2) is 40.4 Å². The molecule has 2 aromatic rings. The lowest BCUT2D eigenvalue weighted by atomic mass is 9.72. The summed E-state index contributed by atoms with van der Waals surface area (Å²) in [6.45, 7) is 13.1. The Bertz CT molecular complexity index is 1830. The molecule has 0 spiro atoms. The predicted molar refractivity (Wildman–Crippen MR) is 189 cm³/mol. The molecule has 2 heterocycles. The third kappa shape index (κ3) is 5.78. The second kappa shape index (κ2) is 12.7. The van der Waals surface area contributed by atoms with Crippen molar-refractivity contribution in [3.63, 3.8) is 0 Å². The summed E-state index contributed by atoms with van der Waals surface area (Å²) in [6, 6.07) is 13.1. The van der Waals surface area contributed by atoms with Gasteiger partial charge >= 0.3 is 5.97 Å². The second-order valence-electron chi connectivity index (χ2n) is 12.7. The number of rotatable bonds is 7. The summed E-state index contributed by atoms with van der Waals surface area (Å²) in [4.78, 5) is 14.0. The molecule has 1 unspecified atom stereocenters. The van der Waals surface area contributed by atoms with E-state index in [0.717, 1.165) is 35.4 Å². The lowest BCUT2D eigenvalue weighted by Gasteiger charge is -2.33. The highest BCUT2D eigenvalue weighted by Crippen LogP contribution is 2.54. The Hall–Kier alpha value is -4.70.